The lowest BCUT2D eigenvalue weighted by atomic mass is 10.3. The maximum atomic E-state index is 12.2. The van der Waals surface area contributed by atoms with Gasteiger partial charge in [0.2, 0.25) is 5.91 Å². The first-order valence-electron chi connectivity index (χ1n) is 6.71. The van der Waals surface area contributed by atoms with Gasteiger partial charge in [-0.2, -0.15) is 0 Å². The molecule has 5 nitrogen and oxygen atoms in total. The number of hydrogen-bond donors (Lipinski definition) is 1. The molecule has 7 heteroatoms. The van der Waals surface area contributed by atoms with Crippen molar-refractivity contribution in [2.75, 3.05) is 0 Å². The molecule has 0 bridgehead atoms. The van der Waals surface area contributed by atoms with Crippen LogP contribution in [0.25, 0.3) is 11.0 Å². The molecular formula is C15H14BrN3O2S. The monoisotopic (exact) mass is 379 g/mol. The molecule has 1 amide bonds. The highest BCUT2D eigenvalue weighted by molar-refractivity contribution is 9.11. The molecule has 0 saturated heterocycles. The number of carbonyl (C=O) groups is 1. The Balaban J connectivity index is 1.77. The number of carbonyl (C=O) groups excluding carboxylic acids is 1. The molecular weight excluding hydrogens is 366 g/mol. The number of amides is 1. The molecule has 0 aliphatic rings. The van der Waals surface area contributed by atoms with E-state index >= 15 is 0 Å². The van der Waals surface area contributed by atoms with Crippen molar-refractivity contribution in [2.24, 2.45) is 7.05 Å². The second-order valence-electron chi connectivity index (χ2n) is 4.90. The van der Waals surface area contributed by atoms with Crippen LogP contribution in [-0.2, 0) is 24.9 Å². The fourth-order valence-corrected chi connectivity index (χ4v) is 3.77. The molecule has 0 spiro atoms. The third-order valence-electron chi connectivity index (χ3n) is 3.44. The van der Waals surface area contributed by atoms with Crippen molar-refractivity contribution < 1.29 is 4.79 Å². The molecule has 0 aliphatic carbocycles. The molecule has 0 aliphatic heterocycles. The summed E-state index contributed by atoms with van der Waals surface area (Å²) in [6.07, 6.45) is 0. The normalized spacial score (nSPS) is 11.0. The summed E-state index contributed by atoms with van der Waals surface area (Å²) in [6, 6.07) is 11.4. The van der Waals surface area contributed by atoms with E-state index in [0.717, 1.165) is 19.7 Å². The van der Waals surface area contributed by atoms with Gasteiger partial charge in [0, 0.05) is 11.9 Å². The topological polar surface area (TPSA) is 56.0 Å². The number of benzene rings is 1. The summed E-state index contributed by atoms with van der Waals surface area (Å²) in [5.74, 6) is -0.178. The highest BCUT2D eigenvalue weighted by Crippen LogP contribution is 2.21. The summed E-state index contributed by atoms with van der Waals surface area (Å²) in [7, 11) is 1.71. The van der Waals surface area contributed by atoms with E-state index in [1.807, 2.05) is 36.4 Å². The van der Waals surface area contributed by atoms with Crippen LogP contribution in [0, 0.1) is 0 Å². The second-order valence-corrected chi connectivity index (χ2v) is 7.45. The number of para-hydroxylation sites is 2. The van der Waals surface area contributed by atoms with E-state index in [1.54, 1.807) is 23.0 Å². The van der Waals surface area contributed by atoms with Gasteiger partial charge in [-0.25, -0.2) is 4.79 Å². The molecule has 114 valence electrons. The van der Waals surface area contributed by atoms with Crippen molar-refractivity contribution in [1.82, 2.24) is 14.5 Å². The number of nitrogens with zero attached hydrogens (tertiary/aromatic N) is 2. The fraction of sp³-hybridized carbons (Fsp3) is 0.200. The average Bonchev–Trinajstić information content (AvgIpc) is 3.03. The zero-order chi connectivity index (χ0) is 15.7. The van der Waals surface area contributed by atoms with Gasteiger partial charge in [0.25, 0.3) is 0 Å². The maximum absolute atomic E-state index is 12.2. The Labute approximate surface area is 139 Å². The molecule has 0 fully saturated rings. The first kappa shape index (κ1) is 15.1. The summed E-state index contributed by atoms with van der Waals surface area (Å²) in [4.78, 5) is 25.4. The van der Waals surface area contributed by atoms with Crippen LogP contribution in [0.4, 0.5) is 0 Å². The van der Waals surface area contributed by atoms with Gasteiger partial charge in [-0.1, -0.05) is 12.1 Å². The number of fused-ring (bicyclic) bond motifs is 1. The zero-order valence-corrected chi connectivity index (χ0v) is 14.3. The number of imidazole rings is 1. The summed E-state index contributed by atoms with van der Waals surface area (Å²) < 4.78 is 4.08. The Bertz CT molecular complexity index is 894. The minimum atomic E-state index is -0.185. The lowest BCUT2D eigenvalue weighted by molar-refractivity contribution is -0.121. The van der Waals surface area contributed by atoms with E-state index in [1.165, 1.54) is 4.57 Å². The Kier molecular flexibility index (Phi) is 4.17. The van der Waals surface area contributed by atoms with E-state index in [4.69, 9.17) is 0 Å². The smallest absolute Gasteiger partial charge is 0.329 e. The molecule has 3 rings (SSSR count). The number of halogens is 1. The molecule has 3 aromatic rings. The molecule has 1 aromatic carbocycles. The van der Waals surface area contributed by atoms with Gasteiger partial charge in [0.05, 0.1) is 21.4 Å². The molecule has 2 aromatic heterocycles. The van der Waals surface area contributed by atoms with E-state index in [0.29, 0.717) is 6.54 Å². The van der Waals surface area contributed by atoms with E-state index < -0.39 is 0 Å². The van der Waals surface area contributed by atoms with Crippen LogP contribution in [0.5, 0.6) is 0 Å². The molecule has 0 atom stereocenters. The van der Waals surface area contributed by atoms with Crippen LogP contribution in [0.2, 0.25) is 0 Å². The Morgan fingerprint density at radius 2 is 1.95 bits per heavy atom. The van der Waals surface area contributed by atoms with Crippen molar-refractivity contribution in [3.05, 3.63) is 55.5 Å². The zero-order valence-electron chi connectivity index (χ0n) is 11.9. The number of aromatic nitrogens is 2. The van der Waals surface area contributed by atoms with Gasteiger partial charge < -0.3 is 5.32 Å². The van der Waals surface area contributed by atoms with Crippen LogP contribution in [0.1, 0.15) is 4.88 Å². The number of nitrogens with one attached hydrogen (secondary N) is 1. The lowest BCUT2D eigenvalue weighted by Gasteiger charge is -2.05. The van der Waals surface area contributed by atoms with E-state index in [9.17, 15) is 9.59 Å². The summed E-state index contributed by atoms with van der Waals surface area (Å²) in [6.45, 7) is 0.487. The Hall–Kier alpha value is -1.86. The highest BCUT2D eigenvalue weighted by atomic mass is 79.9. The third kappa shape index (κ3) is 2.86. The molecule has 0 unspecified atom stereocenters. The van der Waals surface area contributed by atoms with Crippen LogP contribution >= 0.6 is 27.3 Å². The first-order chi connectivity index (χ1) is 10.6. The SMILES string of the molecule is Cn1c(=O)n(CC(=O)NCc2ccc(Br)s2)c2ccccc21. The Morgan fingerprint density at radius 3 is 2.64 bits per heavy atom. The summed E-state index contributed by atoms with van der Waals surface area (Å²) in [5, 5.41) is 2.84. The number of aryl methyl sites for hydroxylation is 1. The average molecular weight is 380 g/mol. The van der Waals surface area contributed by atoms with E-state index in [-0.39, 0.29) is 18.1 Å². The highest BCUT2D eigenvalue weighted by Gasteiger charge is 2.13. The predicted octanol–water partition coefficient (Wildman–Crippen LogP) is 2.48. The second kappa shape index (κ2) is 6.10. The Morgan fingerprint density at radius 1 is 1.23 bits per heavy atom. The number of hydrogen-bond acceptors (Lipinski definition) is 3. The van der Waals surface area contributed by atoms with E-state index in [2.05, 4.69) is 21.2 Å². The molecule has 2 heterocycles. The van der Waals surface area contributed by atoms with Gasteiger partial charge >= 0.3 is 5.69 Å². The molecule has 0 radical (unpaired) electrons. The van der Waals surface area contributed by atoms with Crippen LogP contribution in [0.15, 0.2) is 45.0 Å². The standard InChI is InChI=1S/C15H14BrN3O2S/c1-18-11-4-2-3-5-12(11)19(15(18)21)9-14(20)17-8-10-6-7-13(16)22-10/h2-7H,8-9H2,1H3,(H,17,20). The first-order valence-corrected chi connectivity index (χ1v) is 8.32. The van der Waals surface area contributed by atoms with Crippen LogP contribution in [0.3, 0.4) is 0 Å². The fourth-order valence-electron chi connectivity index (χ4n) is 2.35. The third-order valence-corrected chi connectivity index (χ3v) is 5.07. The van der Waals surface area contributed by atoms with Crippen molar-refractivity contribution in [3.63, 3.8) is 0 Å². The lowest BCUT2D eigenvalue weighted by Crippen LogP contribution is -2.32. The van der Waals surface area contributed by atoms with Crippen molar-refractivity contribution in [2.45, 2.75) is 13.1 Å². The molecule has 22 heavy (non-hydrogen) atoms. The summed E-state index contributed by atoms with van der Waals surface area (Å²) >= 11 is 4.97. The van der Waals surface area contributed by atoms with Crippen LogP contribution in [-0.4, -0.2) is 15.0 Å². The largest absolute Gasteiger partial charge is 0.350 e. The quantitative estimate of drug-likeness (QED) is 0.756. The van der Waals surface area contributed by atoms with Crippen LogP contribution < -0.4 is 11.0 Å². The van der Waals surface area contributed by atoms with Crippen molar-refractivity contribution >= 4 is 44.2 Å². The molecule has 1 N–H and O–H groups in total. The van der Waals surface area contributed by atoms with Gasteiger partial charge in [0.1, 0.15) is 6.54 Å². The number of rotatable bonds is 4. The minimum absolute atomic E-state index is 0.0206. The number of thiophene rings is 1. The predicted molar refractivity (Wildman–Crippen MR) is 91.0 cm³/mol. The van der Waals surface area contributed by atoms with Gasteiger partial charge in [-0.05, 0) is 40.2 Å². The van der Waals surface area contributed by atoms with Crippen molar-refractivity contribution in [1.29, 1.82) is 0 Å². The van der Waals surface area contributed by atoms with Gasteiger partial charge in [0.15, 0.2) is 0 Å². The minimum Gasteiger partial charge on any atom is -0.350 e. The van der Waals surface area contributed by atoms with Gasteiger partial charge in [-0.3, -0.25) is 13.9 Å². The summed E-state index contributed by atoms with van der Waals surface area (Å²) in [5.41, 5.74) is 1.40. The van der Waals surface area contributed by atoms with Crippen molar-refractivity contribution in [3.8, 4) is 0 Å². The van der Waals surface area contributed by atoms with Gasteiger partial charge in [-0.15, -0.1) is 11.3 Å². The maximum Gasteiger partial charge on any atom is 0.329 e. The molecule has 0 saturated carbocycles.